The second-order valence-electron chi connectivity index (χ2n) is 7.38. The summed E-state index contributed by atoms with van der Waals surface area (Å²) in [5.74, 6) is -0.630. The van der Waals surface area contributed by atoms with E-state index in [1.54, 1.807) is 0 Å². The van der Waals surface area contributed by atoms with Crippen molar-refractivity contribution >= 4 is 21.6 Å². The Morgan fingerprint density at radius 1 is 1.10 bits per heavy atom. The van der Waals surface area contributed by atoms with Crippen molar-refractivity contribution < 1.29 is 18.1 Å². The number of fused-ring (bicyclic) bond motifs is 1. The van der Waals surface area contributed by atoms with E-state index in [9.17, 15) is 23.3 Å². The molecule has 0 unspecified atom stereocenters. The Morgan fingerprint density at radius 2 is 1.81 bits per heavy atom. The molecule has 160 valence electrons. The van der Waals surface area contributed by atoms with Gasteiger partial charge >= 0.3 is 0 Å². The van der Waals surface area contributed by atoms with Crippen LogP contribution in [0, 0.1) is 24.0 Å². The van der Waals surface area contributed by atoms with Gasteiger partial charge in [-0.3, -0.25) is 14.9 Å². The van der Waals surface area contributed by atoms with Crippen molar-refractivity contribution in [3.05, 3.63) is 86.7 Å². The van der Waals surface area contributed by atoms with E-state index in [1.807, 2.05) is 24.3 Å². The summed E-state index contributed by atoms with van der Waals surface area (Å²) in [6, 6.07) is 13.0. The maximum Gasteiger partial charge on any atom is 0.278 e. The number of nitro benzene ring substituents is 1. The lowest BCUT2D eigenvalue weighted by Crippen LogP contribution is -2.36. The van der Waals surface area contributed by atoms with Crippen LogP contribution in [-0.4, -0.2) is 39.9 Å². The van der Waals surface area contributed by atoms with Gasteiger partial charge < -0.3 is 0 Å². The number of nitro groups is 1. The third-order valence-electron chi connectivity index (χ3n) is 5.41. The van der Waals surface area contributed by atoms with Gasteiger partial charge in [0.2, 0.25) is 10.0 Å². The Hall–Kier alpha value is -3.37. The van der Waals surface area contributed by atoms with Crippen LogP contribution < -0.4 is 0 Å². The van der Waals surface area contributed by atoms with Crippen molar-refractivity contribution in [2.75, 3.05) is 6.54 Å². The number of rotatable bonds is 4. The first-order valence-electron chi connectivity index (χ1n) is 9.62. The van der Waals surface area contributed by atoms with Gasteiger partial charge in [-0.25, -0.2) is 8.42 Å². The maximum absolute atomic E-state index is 13.4. The zero-order chi connectivity index (χ0) is 22.3. The van der Waals surface area contributed by atoms with E-state index in [-0.39, 0.29) is 34.1 Å². The van der Waals surface area contributed by atoms with Gasteiger partial charge in [0.05, 0.1) is 16.3 Å². The minimum absolute atomic E-state index is 0.00865. The predicted molar refractivity (Wildman–Crippen MR) is 112 cm³/mol. The smallest absolute Gasteiger partial charge is 0.267 e. The van der Waals surface area contributed by atoms with Gasteiger partial charge in [-0.05, 0) is 37.5 Å². The Morgan fingerprint density at radius 3 is 2.52 bits per heavy atom. The SMILES string of the molecule is Cc1nn(C(=O)c2cccc([N+](=O)[O-])c2)c(C)c1S(=O)(=O)N1CCc2ccccc2C1. The van der Waals surface area contributed by atoms with Crippen LogP contribution in [0.3, 0.4) is 0 Å². The number of aryl methyl sites for hydroxylation is 1. The topological polar surface area (TPSA) is 115 Å². The highest BCUT2D eigenvalue weighted by Crippen LogP contribution is 2.29. The van der Waals surface area contributed by atoms with Crippen LogP contribution in [0.15, 0.2) is 53.4 Å². The van der Waals surface area contributed by atoms with Gasteiger partial charge in [0.15, 0.2) is 0 Å². The Labute approximate surface area is 179 Å². The van der Waals surface area contributed by atoms with E-state index in [0.717, 1.165) is 21.9 Å². The van der Waals surface area contributed by atoms with Crippen molar-refractivity contribution in [3.8, 4) is 0 Å². The zero-order valence-corrected chi connectivity index (χ0v) is 17.8. The second-order valence-corrected chi connectivity index (χ2v) is 9.26. The number of non-ortho nitro benzene ring substituents is 1. The summed E-state index contributed by atoms with van der Waals surface area (Å²) >= 11 is 0. The second kappa shape index (κ2) is 7.71. The monoisotopic (exact) mass is 440 g/mol. The molecule has 3 aromatic rings. The largest absolute Gasteiger partial charge is 0.278 e. The fraction of sp³-hybridized carbons (Fsp3) is 0.238. The lowest BCUT2D eigenvalue weighted by atomic mass is 10.0. The average molecular weight is 440 g/mol. The predicted octanol–water partition coefficient (Wildman–Crippen LogP) is 2.84. The molecule has 0 fully saturated rings. The molecular weight excluding hydrogens is 420 g/mol. The van der Waals surface area contributed by atoms with Crippen LogP contribution in [0.2, 0.25) is 0 Å². The summed E-state index contributed by atoms with van der Waals surface area (Å²) < 4.78 is 29.2. The molecule has 2 aromatic carbocycles. The van der Waals surface area contributed by atoms with Crippen molar-refractivity contribution in [2.24, 2.45) is 0 Å². The van der Waals surface area contributed by atoms with Crippen LogP contribution in [0.5, 0.6) is 0 Å². The molecule has 1 aliphatic rings. The fourth-order valence-corrected chi connectivity index (χ4v) is 5.65. The molecule has 9 nitrogen and oxygen atoms in total. The summed E-state index contributed by atoms with van der Waals surface area (Å²) in [6.07, 6.45) is 0.605. The molecule has 1 aliphatic heterocycles. The number of benzene rings is 2. The summed E-state index contributed by atoms with van der Waals surface area (Å²) in [6.45, 7) is 3.64. The fourth-order valence-electron chi connectivity index (χ4n) is 3.88. The molecule has 0 amide bonds. The van der Waals surface area contributed by atoms with Gasteiger partial charge in [0.25, 0.3) is 11.6 Å². The number of aromatic nitrogens is 2. The highest BCUT2D eigenvalue weighted by atomic mass is 32.2. The Bertz CT molecular complexity index is 1310. The summed E-state index contributed by atoms with van der Waals surface area (Å²) in [7, 11) is -3.89. The normalized spacial score (nSPS) is 14.3. The minimum atomic E-state index is -3.89. The molecule has 2 heterocycles. The molecule has 0 saturated heterocycles. The van der Waals surface area contributed by atoms with Gasteiger partial charge in [0.1, 0.15) is 4.90 Å². The van der Waals surface area contributed by atoms with Crippen LogP contribution in [0.25, 0.3) is 0 Å². The standard InChI is InChI=1S/C21H20N4O5S/c1-14-20(31(29,30)23-11-10-16-6-3-4-7-18(16)13-23)15(2)24(22-14)21(26)17-8-5-9-19(12-17)25(27)28/h3-9,12H,10-11,13H2,1-2H3. The lowest BCUT2D eigenvalue weighted by molar-refractivity contribution is -0.384. The third-order valence-corrected chi connectivity index (χ3v) is 7.51. The number of nitrogens with zero attached hydrogens (tertiary/aromatic N) is 4. The van der Waals surface area contributed by atoms with Gasteiger partial charge in [-0.1, -0.05) is 30.3 Å². The molecule has 10 heteroatoms. The van der Waals surface area contributed by atoms with Crippen molar-refractivity contribution in [1.82, 2.24) is 14.1 Å². The number of carbonyl (C=O) groups excluding carboxylic acids is 1. The van der Waals surface area contributed by atoms with Gasteiger partial charge in [-0.2, -0.15) is 14.1 Å². The lowest BCUT2D eigenvalue weighted by Gasteiger charge is -2.28. The average Bonchev–Trinajstić information content (AvgIpc) is 3.07. The zero-order valence-electron chi connectivity index (χ0n) is 17.0. The quantitative estimate of drug-likeness (QED) is 0.455. The molecule has 0 N–H and O–H groups in total. The minimum Gasteiger partial charge on any atom is -0.267 e. The van der Waals surface area contributed by atoms with Crippen LogP contribution >= 0.6 is 0 Å². The van der Waals surface area contributed by atoms with E-state index in [0.29, 0.717) is 13.0 Å². The van der Waals surface area contributed by atoms with E-state index in [4.69, 9.17) is 0 Å². The van der Waals surface area contributed by atoms with Crippen molar-refractivity contribution in [3.63, 3.8) is 0 Å². The van der Waals surface area contributed by atoms with Crippen LogP contribution in [-0.2, 0) is 23.0 Å². The molecule has 0 atom stereocenters. The van der Waals surface area contributed by atoms with Crippen LogP contribution in [0.1, 0.15) is 32.9 Å². The summed E-state index contributed by atoms with van der Waals surface area (Å²) in [4.78, 5) is 23.4. The first-order chi connectivity index (χ1) is 14.7. The van der Waals surface area contributed by atoms with Gasteiger partial charge in [-0.15, -0.1) is 0 Å². The first kappa shape index (κ1) is 20.9. The third kappa shape index (κ3) is 3.64. The number of sulfonamides is 1. The molecule has 1 aromatic heterocycles. The molecule has 0 bridgehead atoms. The Balaban J connectivity index is 1.71. The summed E-state index contributed by atoms with van der Waals surface area (Å²) in [5.41, 5.74) is 2.28. The van der Waals surface area contributed by atoms with E-state index in [2.05, 4.69) is 5.10 Å². The highest BCUT2D eigenvalue weighted by molar-refractivity contribution is 7.89. The molecule has 31 heavy (non-hydrogen) atoms. The van der Waals surface area contributed by atoms with Crippen molar-refractivity contribution in [2.45, 2.75) is 31.7 Å². The number of carbonyl (C=O) groups is 1. The maximum atomic E-state index is 13.4. The van der Waals surface area contributed by atoms with Crippen LogP contribution in [0.4, 0.5) is 5.69 Å². The summed E-state index contributed by atoms with van der Waals surface area (Å²) in [5, 5.41) is 15.2. The van der Waals surface area contributed by atoms with E-state index in [1.165, 1.54) is 36.4 Å². The molecule has 4 rings (SSSR count). The molecular formula is C21H20N4O5S. The molecule has 0 radical (unpaired) electrons. The van der Waals surface area contributed by atoms with E-state index >= 15 is 0 Å². The van der Waals surface area contributed by atoms with Crippen molar-refractivity contribution in [1.29, 1.82) is 0 Å². The molecule has 0 spiro atoms. The molecule has 0 aliphatic carbocycles. The Kier molecular flexibility index (Phi) is 5.19. The van der Waals surface area contributed by atoms with E-state index < -0.39 is 20.9 Å². The molecule has 0 saturated carbocycles. The highest BCUT2D eigenvalue weighted by Gasteiger charge is 2.34. The van der Waals surface area contributed by atoms with Gasteiger partial charge in [0, 0.05) is 30.8 Å². The first-order valence-corrected chi connectivity index (χ1v) is 11.1. The number of hydrogen-bond donors (Lipinski definition) is 0. The number of hydrogen-bond acceptors (Lipinski definition) is 6.